The normalized spacial score (nSPS) is 11.2. The van der Waals surface area contributed by atoms with E-state index in [1.54, 1.807) is 4.68 Å². The summed E-state index contributed by atoms with van der Waals surface area (Å²) in [5.41, 5.74) is 7.38. The molecule has 3 heterocycles. The molecule has 0 aliphatic carbocycles. The molecule has 0 atom stereocenters. The SMILES string of the molecule is Cn1nc(-c2ccc(Cl)s2)c2c(N)ncnc21. The van der Waals surface area contributed by atoms with Gasteiger partial charge >= 0.3 is 0 Å². The maximum absolute atomic E-state index is 5.93. The zero-order chi connectivity index (χ0) is 12.0. The molecule has 3 aromatic rings. The zero-order valence-electron chi connectivity index (χ0n) is 8.88. The first-order chi connectivity index (χ1) is 8.16. The van der Waals surface area contributed by atoms with E-state index in [9.17, 15) is 0 Å². The van der Waals surface area contributed by atoms with E-state index in [0.29, 0.717) is 10.2 Å². The molecule has 5 nitrogen and oxygen atoms in total. The Hall–Kier alpha value is -1.66. The van der Waals surface area contributed by atoms with Crippen LogP contribution in [0, 0.1) is 0 Å². The molecule has 0 spiro atoms. The molecule has 0 fully saturated rings. The number of nitrogens with zero attached hydrogens (tertiary/aromatic N) is 4. The van der Waals surface area contributed by atoms with Gasteiger partial charge in [0.25, 0.3) is 0 Å². The second kappa shape index (κ2) is 3.68. The minimum absolute atomic E-state index is 0.433. The number of nitrogens with two attached hydrogens (primary N) is 1. The van der Waals surface area contributed by atoms with Crippen molar-refractivity contribution in [2.24, 2.45) is 7.05 Å². The molecule has 0 aromatic carbocycles. The fourth-order valence-corrected chi connectivity index (χ4v) is 2.76. The predicted molar refractivity (Wildman–Crippen MR) is 69.0 cm³/mol. The minimum atomic E-state index is 0.433. The van der Waals surface area contributed by atoms with E-state index in [1.807, 2.05) is 19.2 Å². The summed E-state index contributed by atoms with van der Waals surface area (Å²) >= 11 is 7.39. The van der Waals surface area contributed by atoms with Crippen LogP contribution >= 0.6 is 22.9 Å². The number of hydrogen-bond donors (Lipinski definition) is 1. The number of hydrogen-bond acceptors (Lipinski definition) is 5. The molecule has 2 N–H and O–H groups in total. The van der Waals surface area contributed by atoms with E-state index in [-0.39, 0.29) is 0 Å². The van der Waals surface area contributed by atoms with E-state index in [4.69, 9.17) is 17.3 Å². The summed E-state index contributed by atoms with van der Waals surface area (Å²) in [6.07, 6.45) is 1.44. The van der Waals surface area contributed by atoms with Crippen molar-refractivity contribution in [2.45, 2.75) is 0 Å². The van der Waals surface area contributed by atoms with Gasteiger partial charge in [-0.3, -0.25) is 0 Å². The fraction of sp³-hybridized carbons (Fsp3) is 0.100. The number of anilines is 1. The van der Waals surface area contributed by atoms with Crippen molar-refractivity contribution in [1.29, 1.82) is 0 Å². The molecule has 7 heteroatoms. The first-order valence-electron chi connectivity index (χ1n) is 4.85. The van der Waals surface area contributed by atoms with E-state index < -0.39 is 0 Å². The van der Waals surface area contributed by atoms with Crippen molar-refractivity contribution < 1.29 is 0 Å². The van der Waals surface area contributed by atoms with Crippen molar-refractivity contribution in [3.63, 3.8) is 0 Å². The number of nitrogen functional groups attached to an aromatic ring is 1. The molecule has 3 aromatic heterocycles. The van der Waals surface area contributed by atoms with E-state index in [0.717, 1.165) is 21.6 Å². The Morgan fingerprint density at radius 3 is 2.88 bits per heavy atom. The Labute approximate surface area is 106 Å². The van der Waals surface area contributed by atoms with Crippen LogP contribution < -0.4 is 5.73 Å². The van der Waals surface area contributed by atoms with E-state index in [2.05, 4.69) is 15.1 Å². The molecule has 0 radical (unpaired) electrons. The lowest BCUT2D eigenvalue weighted by molar-refractivity contribution is 0.789. The second-order valence-corrected chi connectivity index (χ2v) is 5.25. The van der Waals surface area contributed by atoms with E-state index >= 15 is 0 Å². The predicted octanol–water partition coefficient (Wildman–Crippen LogP) is 2.33. The highest BCUT2D eigenvalue weighted by Crippen LogP contribution is 2.35. The number of thiophene rings is 1. The number of aromatic nitrogens is 4. The van der Waals surface area contributed by atoms with Crippen molar-refractivity contribution in [1.82, 2.24) is 19.7 Å². The third-order valence-electron chi connectivity index (χ3n) is 2.46. The van der Waals surface area contributed by atoms with Crippen LogP contribution in [0.5, 0.6) is 0 Å². The largest absolute Gasteiger partial charge is 0.383 e. The topological polar surface area (TPSA) is 69.6 Å². The lowest BCUT2D eigenvalue weighted by Gasteiger charge is -1.95. The maximum Gasteiger partial charge on any atom is 0.163 e. The monoisotopic (exact) mass is 265 g/mol. The molecule has 0 saturated heterocycles. The van der Waals surface area contributed by atoms with Gasteiger partial charge in [-0.05, 0) is 12.1 Å². The summed E-state index contributed by atoms with van der Waals surface area (Å²) in [6, 6.07) is 3.75. The Kier molecular flexibility index (Phi) is 2.27. The van der Waals surface area contributed by atoms with Gasteiger partial charge in [-0.15, -0.1) is 11.3 Å². The molecular formula is C10H8ClN5S. The van der Waals surface area contributed by atoms with Crippen molar-refractivity contribution in [2.75, 3.05) is 5.73 Å². The first kappa shape index (κ1) is 10.5. The highest BCUT2D eigenvalue weighted by Gasteiger charge is 2.16. The maximum atomic E-state index is 5.93. The Morgan fingerprint density at radius 2 is 2.18 bits per heavy atom. The van der Waals surface area contributed by atoms with Crippen LogP contribution in [0.25, 0.3) is 21.6 Å². The highest BCUT2D eigenvalue weighted by molar-refractivity contribution is 7.19. The van der Waals surface area contributed by atoms with Gasteiger partial charge in [-0.1, -0.05) is 11.6 Å². The van der Waals surface area contributed by atoms with Gasteiger partial charge in [0, 0.05) is 7.05 Å². The lowest BCUT2D eigenvalue weighted by Crippen LogP contribution is -1.95. The average molecular weight is 266 g/mol. The van der Waals surface area contributed by atoms with Crippen molar-refractivity contribution in [3.05, 3.63) is 22.8 Å². The third kappa shape index (κ3) is 1.57. The van der Waals surface area contributed by atoms with Gasteiger partial charge < -0.3 is 5.73 Å². The Balaban J connectivity index is 2.37. The summed E-state index contributed by atoms with van der Waals surface area (Å²) in [6.45, 7) is 0. The molecule has 3 rings (SSSR count). The standard InChI is InChI=1S/C10H8ClN5S/c1-16-10-7(9(12)13-4-14-10)8(15-16)5-2-3-6(11)17-5/h2-4H,1H3,(H2,12,13,14). The average Bonchev–Trinajstić information content (AvgIpc) is 2.85. The van der Waals surface area contributed by atoms with Gasteiger partial charge in [0.2, 0.25) is 0 Å². The molecule has 0 saturated carbocycles. The molecule has 86 valence electrons. The summed E-state index contributed by atoms with van der Waals surface area (Å²) < 4.78 is 2.41. The Morgan fingerprint density at radius 1 is 1.35 bits per heavy atom. The van der Waals surface area contributed by atoms with Gasteiger partial charge in [0.1, 0.15) is 17.8 Å². The summed E-state index contributed by atoms with van der Waals surface area (Å²) in [5, 5.41) is 5.19. The van der Waals surface area contributed by atoms with Crippen LogP contribution in [-0.4, -0.2) is 19.7 Å². The second-order valence-electron chi connectivity index (χ2n) is 3.53. The molecule has 0 aliphatic heterocycles. The summed E-state index contributed by atoms with van der Waals surface area (Å²) in [7, 11) is 1.83. The van der Waals surface area contributed by atoms with Gasteiger partial charge in [-0.25, -0.2) is 14.6 Å². The molecule has 0 bridgehead atoms. The lowest BCUT2D eigenvalue weighted by atomic mass is 10.2. The minimum Gasteiger partial charge on any atom is -0.383 e. The zero-order valence-corrected chi connectivity index (χ0v) is 10.5. The van der Waals surface area contributed by atoms with Crippen LogP contribution in [0.3, 0.4) is 0 Å². The van der Waals surface area contributed by atoms with Crippen LogP contribution in [0.4, 0.5) is 5.82 Å². The van der Waals surface area contributed by atoms with Gasteiger partial charge in [0.15, 0.2) is 5.65 Å². The van der Waals surface area contributed by atoms with Crippen LogP contribution in [-0.2, 0) is 7.05 Å². The Bertz CT molecular complexity index is 702. The first-order valence-corrected chi connectivity index (χ1v) is 6.05. The van der Waals surface area contributed by atoms with Gasteiger partial charge in [0.05, 0.1) is 14.6 Å². The number of aryl methyl sites for hydroxylation is 1. The van der Waals surface area contributed by atoms with Crippen LogP contribution in [0.2, 0.25) is 4.34 Å². The number of fused-ring (bicyclic) bond motifs is 1. The highest BCUT2D eigenvalue weighted by atomic mass is 35.5. The van der Waals surface area contributed by atoms with Crippen molar-refractivity contribution in [3.8, 4) is 10.6 Å². The van der Waals surface area contributed by atoms with Crippen LogP contribution in [0.15, 0.2) is 18.5 Å². The van der Waals surface area contributed by atoms with E-state index in [1.165, 1.54) is 17.7 Å². The summed E-state index contributed by atoms with van der Waals surface area (Å²) in [5.74, 6) is 0.433. The molecule has 0 aliphatic rings. The molecule has 0 amide bonds. The fourth-order valence-electron chi connectivity index (χ4n) is 1.72. The molecule has 17 heavy (non-hydrogen) atoms. The molecular weight excluding hydrogens is 258 g/mol. The van der Waals surface area contributed by atoms with Crippen LogP contribution in [0.1, 0.15) is 0 Å². The third-order valence-corrected chi connectivity index (χ3v) is 3.69. The molecule has 0 unspecified atom stereocenters. The quantitative estimate of drug-likeness (QED) is 0.733. The summed E-state index contributed by atoms with van der Waals surface area (Å²) in [4.78, 5) is 9.13. The van der Waals surface area contributed by atoms with Gasteiger partial charge in [-0.2, -0.15) is 5.10 Å². The smallest absolute Gasteiger partial charge is 0.163 e. The number of halogens is 1. The van der Waals surface area contributed by atoms with Crippen molar-refractivity contribution >= 4 is 39.8 Å². The number of rotatable bonds is 1.